The lowest BCUT2D eigenvalue weighted by molar-refractivity contribution is -0.116. The summed E-state index contributed by atoms with van der Waals surface area (Å²) in [5.74, 6) is 0.462. The number of amides is 1. The highest BCUT2D eigenvalue weighted by molar-refractivity contribution is 7.99. The van der Waals surface area contributed by atoms with Gasteiger partial charge in [0.1, 0.15) is 0 Å². The Hall–Kier alpha value is -3.11. The zero-order valence-corrected chi connectivity index (χ0v) is 16.6. The highest BCUT2D eigenvalue weighted by Crippen LogP contribution is 2.24. The molecular formula is C21H20N4O2S. The predicted molar refractivity (Wildman–Crippen MR) is 109 cm³/mol. The molecule has 3 aromatic rings. The molecule has 0 unspecified atom stereocenters. The van der Waals surface area contributed by atoms with Crippen LogP contribution in [0.25, 0.3) is 11.5 Å². The molecule has 0 aliphatic carbocycles. The molecule has 0 radical (unpaired) electrons. The van der Waals surface area contributed by atoms with Gasteiger partial charge in [0.25, 0.3) is 5.22 Å². The third kappa shape index (κ3) is 4.99. The van der Waals surface area contributed by atoms with Crippen LogP contribution in [0.1, 0.15) is 17.5 Å². The van der Waals surface area contributed by atoms with Gasteiger partial charge in [-0.1, -0.05) is 47.2 Å². The summed E-state index contributed by atoms with van der Waals surface area (Å²) in [5, 5.41) is 17.3. The maximum Gasteiger partial charge on any atom is 0.277 e. The number of carbonyl (C=O) groups is 1. The quantitative estimate of drug-likeness (QED) is 0.555. The number of aromatic nitrogens is 2. The van der Waals surface area contributed by atoms with Crippen LogP contribution in [-0.2, 0) is 4.79 Å². The summed E-state index contributed by atoms with van der Waals surface area (Å²) in [4.78, 5) is 14.3. The predicted octanol–water partition coefficient (Wildman–Crippen LogP) is 4.39. The third-order valence-corrected chi connectivity index (χ3v) is 4.92. The van der Waals surface area contributed by atoms with Crippen molar-refractivity contribution in [3.8, 4) is 17.5 Å². The lowest BCUT2D eigenvalue weighted by Gasteiger charge is -2.21. The minimum Gasteiger partial charge on any atom is -0.411 e. The molecule has 6 nitrogen and oxygen atoms in total. The van der Waals surface area contributed by atoms with Crippen LogP contribution < -0.4 is 4.90 Å². The fourth-order valence-electron chi connectivity index (χ4n) is 2.57. The molecule has 0 bridgehead atoms. The van der Waals surface area contributed by atoms with E-state index in [4.69, 9.17) is 9.68 Å². The molecule has 0 aliphatic heterocycles. The molecule has 0 fully saturated rings. The minimum absolute atomic E-state index is 0.112. The Labute approximate surface area is 168 Å². The topological polar surface area (TPSA) is 83.0 Å². The van der Waals surface area contributed by atoms with Gasteiger partial charge in [-0.15, -0.1) is 10.2 Å². The summed E-state index contributed by atoms with van der Waals surface area (Å²) in [6, 6.07) is 17.5. The van der Waals surface area contributed by atoms with Crippen molar-refractivity contribution in [2.75, 3.05) is 17.2 Å². The Morgan fingerprint density at radius 2 is 1.71 bits per heavy atom. The van der Waals surface area contributed by atoms with Crippen LogP contribution in [0.4, 0.5) is 5.69 Å². The Morgan fingerprint density at radius 3 is 2.36 bits per heavy atom. The van der Waals surface area contributed by atoms with Crippen molar-refractivity contribution < 1.29 is 9.21 Å². The van der Waals surface area contributed by atoms with Crippen molar-refractivity contribution in [2.45, 2.75) is 25.5 Å². The Morgan fingerprint density at radius 1 is 1.07 bits per heavy atom. The fraction of sp³-hybridized carbons (Fsp3) is 0.238. The van der Waals surface area contributed by atoms with Crippen molar-refractivity contribution in [1.82, 2.24) is 10.2 Å². The summed E-state index contributed by atoms with van der Waals surface area (Å²) in [6.45, 7) is 4.34. The molecule has 1 aromatic heterocycles. The first kappa shape index (κ1) is 19.6. The van der Waals surface area contributed by atoms with E-state index in [-0.39, 0.29) is 18.1 Å². The maximum absolute atomic E-state index is 12.7. The maximum atomic E-state index is 12.7. The van der Waals surface area contributed by atoms with Gasteiger partial charge in [-0.25, -0.2) is 0 Å². The van der Waals surface area contributed by atoms with Crippen molar-refractivity contribution in [1.29, 1.82) is 5.26 Å². The molecule has 0 aliphatic rings. The number of hydrogen-bond acceptors (Lipinski definition) is 6. The summed E-state index contributed by atoms with van der Waals surface area (Å²) < 4.78 is 5.66. The van der Waals surface area contributed by atoms with E-state index in [2.05, 4.69) is 16.3 Å². The third-order valence-electron chi connectivity index (χ3n) is 4.12. The van der Waals surface area contributed by atoms with E-state index in [1.165, 1.54) is 11.8 Å². The van der Waals surface area contributed by atoms with Gasteiger partial charge in [-0.05, 0) is 38.1 Å². The summed E-state index contributed by atoms with van der Waals surface area (Å²) in [6.07, 6.45) is 0.266. The molecule has 0 N–H and O–H groups in total. The average molecular weight is 392 g/mol. The van der Waals surface area contributed by atoms with Crippen LogP contribution in [0.15, 0.2) is 58.2 Å². The monoisotopic (exact) mass is 392 g/mol. The second-order valence-corrected chi connectivity index (χ2v) is 7.24. The van der Waals surface area contributed by atoms with Crippen LogP contribution in [0.3, 0.4) is 0 Å². The van der Waals surface area contributed by atoms with Crippen molar-refractivity contribution in [3.05, 3.63) is 59.7 Å². The molecule has 1 heterocycles. The number of carbonyl (C=O) groups excluding carboxylic acids is 1. The smallest absolute Gasteiger partial charge is 0.277 e. The van der Waals surface area contributed by atoms with Crippen molar-refractivity contribution in [3.63, 3.8) is 0 Å². The van der Waals surface area contributed by atoms with Gasteiger partial charge in [0.2, 0.25) is 11.8 Å². The number of rotatable bonds is 7. The molecule has 142 valence electrons. The van der Waals surface area contributed by atoms with Gasteiger partial charge in [0.15, 0.2) is 0 Å². The summed E-state index contributed by atoms with van der Waals surface area (Å²) in [7, 11) is 0. The van der Waals surface area contributed by atoms with Crippen molar-refractivity contribution in [2.24, 2.45) is 0 Å². The van der Waals surface area contributed by atoms with Gasteiger partial charge in [0, 0.05) is 17.8 Å². The number of anilines is 1. The average Bonchev–Trinajstić information content (AvgIpc) is 3.17. The largest absolute Gasteiger partial charge is 0.411 e. The van der Waals surface area contributed by atoms with Gasteiger partial charge in [-0.3, -0.25) is 4.79 Å². The number of nitriles is 1. The molecule has 3 rings (SSSR count). The van der Waals surface area contributed by atoms with Crippen molar-refractivity contribution >= 4 is 23.4 Å². The number of thioether (sulfide) groups is 1. The first-order valence-corrected chi connectivity index (χ1v) is 9.82. The summed E-state index contributed by atoms with van der Waals surface area (Å²) in [5.41, 5.74) is 3.88. The van der Waals surface area contributed by atoms with E-state index in [0.717, 1.165) is 22.4 Å². The van der Waals surface area contributed by atoms with E-state index in [1.54, 1.807) is 4.90 Å². The van der Waals surface area contributed by atoms with Gasteiger partial charge < -0.3 is 9.32 Å². The fourth-order valence-corrected chi connectivity index (χ4v) is 3.21. The van der Waals surface area contributed by atoms with Crippen LogP contribution in [0.5, 0.6) is 0 Å². The molecular weight excluding hydrogens is 372 g/mol. The molecule has 7 heteroatoms. The van der Waals surface area contributed by atoms with E-state index in [1.807, 2.05) is 62.4 Å². The number of nitrogens with zero attached hydrogens (tertiary/aromatic N) is 4. The van der Waals surface area contributed by atoms with Crippen LogP contribution in [0.2, 0.25) is 0 Å². The SMILES string of the molecule is Cc1ccc(-c2nnc(SCC(=O)N(CCC#N)c3ccc(C)cc3)o2)cc1. The lowest BCUT2D eigenvalue weighted by Crippen LogP contribution is -2.33. The molecule has 0 atom stereocenters. The first-order valence-electron chi connectivity index (χ1n) is 8.84. The number of benzene rings is 2. The second kappa shape index (κ2) is 9.20. The highest BCUT2D eigenvalue weighted by Gasteiger charge is 2.18. The highest BCUT2D eigenvalue weighted by atomic mass is 32.2. The zero-order chi connectivity index (χ0) is 19.9. The molecule has 0 saturated heterocycles. The van der Waals surface area contributed by atoms with Crippen LogP contribution >= 0.6 is 11.8 Å². The summed E-state index contributed by atoms with van der Waals surface area (Å²) >= 11 is 1.19. The van der Waals surface area contributed by atoms with E-state index >= 15 is 0 Å². The minimum atomic E-state index is -0.112. The number of aryl methyl sites for hydroxylation is 2. The number of hydrogen-bond donors (Lipinski definition) is 0. The Kier molecular flexibility index (Phi) is 6.45. The molecule has 2 aromatic carbocycles. The molecule has 0 saturated carbocycles. The van der Waals surface area contributed by atoms with Gasteiger partial charge in [-0.2, -0.15) is 5.26 Å². The lowest BCUT2D eigenvalue weighted by atomic mass is 10.1. The van der Waals surface area contributed by atoms with E-state index < -0.39 is 0 Å². The van der Waals surface area contributed by atoms with Crippen LogP contribution in [-0.4, -0.2) is 28.4 Å². The molecule has 0 spiro atoms. The Bertz CT molecular complexity index is 975. The molecule has 1 amide bonds. The second-order valence-electron chi connectivity index (χ2n) is 6.32. The first-order chi connectivity index (χ1) is 13.6. The van der Waals surface area contributed by atoms with Gasteiger partial charge >= 0.3 is 0 Å². The normalized spacial score (nSPS) is 10.5. The van der Waals surface area contributed by atoms with Crippen LogP contribution in [0, 0.1) is 25.2 Å². The standard InChI is InChI=1S/C21H20N4O2S/c1-15-4-8-17(9-5-15)20-23-24-21(27-20)28-14-19(26)25(13-3-12-22)18-10-6-16(2)7-11-18/h4-11H,3,13-14H2,1-2H3. The zero-order valence-electron chi connectivity index (χ0n) is 15.8. The Balaban J connectivity index is 1.66. The van der Waals surface area contributed by atoms with E-state index in [0.29, 0.717) is 17.7 Å². The van der Waals surface area contributed by atoms with E-state index in [9.17, 15) is 4.79 Å². The van der Waals surface area contributed by atoms with Gasteiger partial charge in [0.05, 0.1) is 18.2 Å². The molecule has 28 heavy (non-hydrogen) atoms.